The first-order valence-electron chi connectivity index (χ1n) is 7.18. The van der Waals surface area contributed by atoms with Gasteiger partial charge in [0.1, 0.15) is 5.75 Å². The quantitative estimate of drug-likeness (QED) is 0.411. The van der Waals surface area contributed by atoms with E-state index in [2.05, 4.69) is 33.1 Å². The number of ether oxygens (including phenoxy) is 2. The summed E-state index contributed by atoms with van der Waals surface area (Å²) < 4.78 is 11.4. The molecule has 0 aliphatic rings. The first-order chi connectivity index (χ1) is 11.5. The molecule has 2 aromatic rings. The van der Waals surface area contributed by atoms with Gasteiger partial charge in [0.2, 0.25) is 0 Å². The Labute approximate surface area is 153 Å². The maximum atomic E-state index is 12.1. The number of methoxy groups -OCH3 is 1. The van der Waals surface area contributed by atoms with E-state index >= 15 is 0 Å². The lowest BCUT2D eigenvalue weighted by Crippen LogP contribution is -2.17. The summed E-state index contributed by atoms with van der Waals surface area (Å²) >= 11 is 2.13. The summed E-state index contributed by atoms with van der Waals surface area (Å²) in [5.74, 6) is 0.719. The molecule has 0 heterocycles. The summed E-state index contributed by atoms with van der Waals surface area (Å²) in [6, 6.07) is 9.97. The molecule has 0 bridgehead atoms. The summed E-state index contributed by atoms with van der Waals surface area (Å²) in [6.45, 7) is 2.27. The summed E-state index contributed by atoms with van der Waals surface area (Å²) in [5.41, 5.74) is 3.59. The Balaban J connectivity index is 2.06. The molecule has 0 saturated carbocycles. The molecule has 0 atom stereocenters. The Morgan fingerprint density at radius 2 is 2.08 bits per heavy atom. The van der Waals surface area contributed by atoms with Crippen molar-refractivity contribution < 1.29 is 19.4 Å². The van der Waals surface area contributed by atoms with E-state index in [0.29, 0.717) is 29.2 Å². The molecule has 0 spiro atoms. The standard InChI is InChI=1S/C17H17IN2O4/c1-3-24-16-8-11(4-7-14(16)21)10-19-20-17(22)12-5-6-13(18)15(9-12)23-2/h4-10,21H,3H2,1-2H3,(H,20,22). The van der Waals surface area contributed by atoms with Gasteiger partial charge in [0.15, 0.2) is 11.5 Å². The zero-order chi connectivity index (χ0) is 17.5. The van der Waals surface area contributed by atoms with Gasteiger partial charge in [-0.15, -0.1) is 0 Å². The zero-order valence-corrected chi connectivity index (χ0v) is 15.4. The van der Waals surface area contributed by atoms with E-state index in [-0.39, 0.29) is 11.7 Å². The van der Waals surface area contributed by atoms with Crippen LogP contribution in [0.3, 0.4) is 0 Å². The highest BCUT2D eigenvalue weighted by atomic mass is 127. The molecule has 6 nitrogen and oxygen atoms in total. The van der Waals surface area contributed by atoms with Gasteiger partial charge in [-0.25, -0.2) is 5.43 Å². The average Bonchev–Trinajstić information content (AvgIpc) is 2.58. The van der Waals surface area contributed by atoms with Crippen LogP contribution >= 0.6 is 22.6 Å². The largest absolute Gasteiger partial charge is 0.504 e. The van der Waals surface area contributed by atoms with Crippen molar-refractivity contribution in [3.63, 3.8) is 0 Å². The Morgan fingerprint density at radius 3 is 2.79 bits per heavy atom. The maximum absolute atomic E-state index is 12.1. The van der Waals surface area contributed by atoms with Gasteiger partial charge in [0.05, 0.1) is 23.5 Å². The summed E-state index contributed by atoms with van der Waals surface area (Å²) in [5, 5.41) is 13.6. The predicted octanol–water partition coefficient (Wildman–Crippen LogP) is 3.17. The minimum absolute atomic E-state index is 0.0593. The number of amides is 1. The molecule has 0 unspecified atom stereocenters. The van der Waals surface area contributed by atoms with Crippen LogP contribution in [0.5, 0.6) is 17.2 Å². The number of phenols is 1. The molecule has 0 fully saturated rings. The molecule has 7 heteroatoms. The van der Waals surface area contributed by atoms with Gasteiger partial charge in [0.25, 0.3) is 5.91 Å². The number of nitrogens with one attached hydrogen (secondary N) is 1. The van der Waals surface area contributed by atoms with Gasteiger partial charge in [-0.1, -0.05) is 0 Å². The number of hydrogen-bond donors (Lipinski definition) is 2. The van der Waals surface area contributed by atoms with Crippen molar-refractivity contribution in [2.75, 3.05) is 13.7 Å². The van der Waals surface area contributed by atoms with Crippen LogP contribution in [-0.2, 0) is 0 Å². The normalized spacial score (nSPS) is 10.6. The van der Waals surface area contributed by atoms with E-state index < -0.39 is 0 Å². The van der Waals surface area contributed by atoms with E-state index in [1.807, 2.05) is 6.92 Å². The van der Waals surface area contributed by atoms with Gasteiger partial charge in [-0.3, -0.25) is 4.79 Å². The maximum Gasteiger partial charge on any atom is 0.271 e. The molecular weight excluding hydrogens is 423 g/mol. The molecular formula is C17H17IN2O4. The van der Waals surface area contributed by atoms with Crippen molar-refractivity contribution >= 4 is 34.7 Å². The van der Waals surface area contributed by atoms with Crippen LogP contribution in [0.15, 0.2) is 41.5 Å². The Morgan fingerprint density at radius 1 is 1.29 bits per heavy atom. The molecule has 1 amide bonds. The number of hydrogen-bond acceptors (Lipinski definition) is 5. The number of nitrogens with zero attached hydrogens (tertiary/aromatic N) is 1. The second-order valence-electron chi connectivity index (χ2n) is 4.71. The van der Waals surface area contributed by atoms with Crippen LogP contribution < -0.4 is 14.9 Å². The first kappa shape index (κ1) is 18.1. The Hall–Kier alpha value is -2.29. The topological polar surface area (TPSA) is 80.2 Å². The third kappa shape index (κ3) is 4.60. The smallest absolute Gasteiger partial charge is 0.271 e. The van der Waals surface area contributed by atoms with Gasteiger partial charge in [0, 0.05) is 5.56 Å². The lowest BCUT2D eigenvalue weighted by molar-refractivity contribution is 0.0954. The molecule has 0 aliphatic carbocycles. The number of carbonyl (C=O) groups is 1. The number of hydrazone groups is 1. The molecule has 2 rings (SSSR count). The minimum atomic E-state index is -0.343. The van der Waals surface area contributed by atoms with Crippen LogP contribution in [0.4, 0.5) is 0 Å². The molecule has 0 aromatic heterocycles. The monoisotopic (exact) mass is 440 g/mol. The predicted molar refractivity (Wildman–Crippen MR) is 100 cm³/mol. The lowest BCUT2D eigenvalue weighted by Gasteiger charge is -2.06. The van der Waals surface area contributed by atoms with E-state index in [1.165, 1.54) is 12.3 Å². The van der Waals surface area contributed by atoms with Crippen LogP contribution in [0.1, 0.15) is 22.8 Å². The second kappa shape index (κ2) is 8.53. The number of rotatable bonds is 6. The van der Waals surface area contributed by atoms with Crippen molar-refractivity contribution in [1.29, 1.82) is 0 Å². The number of halogens is 1. The fourth-order valence-electron chi connectivity index (χ4n) is 1.91. The van der Waals surface area contributed by atoms with Crippen molar-refractivity contribution in [3.05, 3.63) is 51.1 Å². The van der Waals surface area contributed by atoms with Gasteiger partial charge in [-0.05, 0) is 71.5 Å². The summed E-state index contributed by atoms with van der Waals surface area (Å²) in [7, 11) is 1.55. The number of benzene rings is 2. The second-order valence-corrected chi connectivity index (χ2v) is 5.87. The third-order valence-corrected chi connectivity index (χ3v) is 3.97. The molecule has 2 N–H and O–H groups in total. The highest BCUT2D eigenvalue weighted by Crippen LogP contribution is 2.26. The van der Waals surface area contributed by atoms with Crippen molar-refractivity contribution in [2.45, 2.75) is 6.92 Å². The van der Waals surface area contributed by atoms with E-state index in [0.717, 1.165) is 3.57 Å². The van der Waals surface area contributed by atoms with Crippen LogP contribution in [0.2, 0.25) is 0 Å². The number of aromatic hydroxyl groups is 1. The van der Waals surface area contributed by atoms with Crippen LogP contribution in [0.25, 0.3) is 0 Å². The van der Waals surface area contributed by atoms with Crippen LogP contribution in [0, 0.1) is 3.57 Å². The number of carbonyl (C=O) groups excluding carboxylic acids is 1. The van der Waals surface area contributed by atoms with Crippen molar-refractivity contribution in [1.82, 2.24) is 5.43 Å². The fourth-order valence-corrected chi connectivity index (χ4v) is 2.47. The lowest BCUT2D eigenvalue weighted by atomic mass is 10.2. The van der Waals surface area contributed by atoms with Gasteiger partial charge in [-0.2, -0.15) is 5.10 Å². The highest BCUT2D eigenvalue weighted by molar-refractivity contribution is 14.1. The molecule has 0 saturated heterocycles. The molecule has 126 valence electrons. The molecule has 2 aromatic carbocycles. The van der Waals surface area contributed by atoms with Gasteiger partial charge < -0.3 is 14.6 Å². The van der Waals surface area contributed by atoms with E-state index in [4.69, 9.17) is 9.47 Å². The van der Waals surface area contributed by atoms with Crippen LogP contribution in [-0.4, -0.2) is 30.9 Å². The van der Waals surface area contributed by atoms with E-state index in [9.17, 15) is 9.90 Å². The van der Waals surface area contributed by atoms with Crippen molar-refractivity contribution in [3.8, 4) is 17.2 Å². The Bertz CT molecular complexity index is 762. The fraction of sp³-hybridized carbons (Fsp3) is 0.176. The number of phenolic OH excluding ortho intramolecular Hbond substituents is 1. The molecule has 0 aliphatic heterocycles. The molecule has 0 radical (unpaired) electrons. The van der Waals surface area contributed by atoms with Crippen molar-refractivity contribution in [2.24, 2.45) is 5.10 Å². The van der Waals surface area contributed by atoms with E-state index in [1.54, 1.807) is 37.4 Å². The van der Waals surface area contributed by atoms with Gasteiger partial charge >= 0.3 is 0 Å². The average molecular weight is 440 g/mol. The molecule has 24 heavy (non-hydrogen) atoms. The highest BCUT2D eigenvalue weighted by Gasteiger charge is 2.08. The Kier molecular flexibility index (Phi) is 6.42. The minimum Gasteiger partial charge on any atom is -0.504 e. The first-order valence-corrected chi connectivity index (χ1v) is 8.25. The summed E-state index contributed by atoms with van der Waals surface area (Å²) in [6.07, 6.45) is 1.48. The SMILES string of the molecule is CCOc1cc(C=NNC(=O)c2ccc(I)c(OC)c2)ccc1O. The third-order valence-electron chi connectivity index (χ3n) is 3.08. The zero-order valence-electron chi connectivity index (χ0n) is 13.2. The summed E-state index contributed by atoms with van der Waals surface area (Å²) in [4.78, 5) is 12.1.